The van der Waals surface area contributed by atoms with E-state index in [1.807, 2.05) is 12.1 Å². The number of aryl methyl sites for hydroxylation is 1. The second kappa shape index (κ2) is 14.6. The van der Waals surface area contributed by atoms with E-state index in [0.29, 0.717) is 0 Å². The van der Waals surface area contributed by atoms with Gasteiger partial charge in [0.2, 0.25) is 0 Å². The Morgan fingerprint density at radius 2 is 1.37 bits per heavy atom. The van der Waals surface area contributed by atoms with Gasteiger partial charge in [0.05, 0.1) is 0 Å². The van der Waals surface area contributed by atoms with Gasteiger partial charge in [-0.15, -0.1) is 0 Å². The van der Waals surface area contributed by atoms with Crippen molar-refractivity contribution in [1.29, 1.82) is 0 Å². The van der Waals surface area contributed by atoms with Gasteiger partial charge in [-0.05, 0) is 0 Å². The topological polar surface area (TPSA) is 0 Å². The molecule has 0 bridgehead atoms. The Balaban J connectivity index is 0.00000324. The zero-order chi connectivity index (χ0) is 12.9. The fraction of sp³-hybridized carbons (Fsp3) is 0.667. The summed E-state index contributed by atoms with van der Waals surface area (Å²) in [5, 5.41) is 0. The SMILES string of the molecule is CCCCCCCCCCCCc1[c-]cccc1.[Na+]. The quantitative estimate of drug-likeness (QED) is 0.329. The Kier molecular flexibility index (Phi) is 14.8. The van der Waals surface area contributed by atoms with Crippen molar-refractivity contribution in [1.82, 2.24) is 0 Å². The molecule has 0 fully saturated rings. The minimum Gasteiger partial charge on any atom is -0.180 e. The Morgan fingerprint density at radius 3 is 1.89 bits per heavy atom. The molecule has 0 aliphatic heterocycles. The first-order valence-corrected chi connectivity index (χ1v) is 7.89. The minimum absolute atomic E-state index is 0. The standard InChI is InChI=1S/C18H29.Na/c1-2-3-4-5-6-7-8-9-10-12-15-18-16-13-11-14-17-18;/h11,13-14,16H,2-10,12,15H2,1H3;/q-1;+1. The summed E-state index contributed by atoms with van der Waals surface area (Å²) >= 11 is 0. The normalized spacial score (nSPS) is 10.2. The molecule has 0 heterocycles. The molecule has 1 aromatic carbocycles. The van der Waals surface area contributed by atoms with Crippen LogP contribution in [-0.4, -0.2) is 0 Å². The van der Waals surface area contributed by atoms with E-state index in [-0.39, 0.29) is 29.6 Å². The van der Waals surface area contributed by atoms with E-state index in [1.165, 1.54) is 76.2 Å². The molecule has 1 rings (SSSR count). The Morgan fingerprint density at radius 1 is 0.789 bits per heavy atom. The van der Waals surface area contributed by atoms with Crippen LogP contribution in [0.15, 0.2) is 24.3 Å². The van der Waals surface area contributed by atoms with Crippen molar-refractivity contribution in [3.05, 3.63) is 35.9 Å². The van der Waals surface area contributed by atoms with Crippen molar-refractivity contribution in [3.8, 4) is 0 Å². The first-order chi connectivity index (χ1) is 8.93. The zero-order valence-electron chi connectivity index (χ0n) is 13.1. The number of benzene rings is 1. The van der Waals surface area contributed by atoms with E-state index in [9.17, 15) is 0 Å². The number of rotatable bonds is 11. The van der Waals surface area contributed by atoms with E-state index in [4.69, 9.17) is 0 Å². The molecule has 102 valence electrons. The van der Waals surface area contributed by atoms with Gasteiger partial charge in [-0.3, -0.25) is 0 Å². The molecule has 0 N–H and O–H groups in total. The van der Waals surface area contributed by atoms with Crippen molar-refractivity contribution < 1.29 is 29.6 Å². The van der Waals surface area contributed by atoms with Crippen LogP contribution in [0.3, 0.4) is 0 Å². The summed E-state index contributed by atoms with van der Waals surface area (Å²) in [6, 6.07) is 11.7. The molecule has 19 heavy (non-hydrogen) atoms. The van der Waals surface area contributed by atoms with Crippen molar-refractivity contribution in [2.24, 2.45) is 0 Å². The average molecular weight is 268 g/mol. The third-order valence-corrected chi connectivity index (χ3v) is 3.57. The van der Waals surface area contributed by atoms with Crippen molar-refractivity contribution in [3.63, 3.8) is 0 Å². The van der Waals surface area contributed by atoms with Crippen molar-refractivity contribution in [2.45, 2.75) is 77.6 Å². The van der Waals surface area contributed by atoms with Gasteiger partial charge in [0.25, 0.3) is 0 Å². The summed E-state index contributed by atoms with van der Waals surface area (Å²) in [6.07, 6.45) is 15.3. The molecule has 1 aromatic rings. The fourth-order valence-corrected chi connectivity index (χ4v) is 2.39. The molecule has 0 saturated carbocycles. The molecule has 0 nitrogen and oxygen atoms in total. The van der Waals surface area contributed by atoms with Crippen LogP contribution >= 0.6 is 0 Å². The van der Waals surface area contributed by atoms with Crippen LogP contribution in [0.25, 0.3) is 0 Å². The van der Waals surface area contributed by atoms with Crippen LogP contribution in [0.1, 0.15) is 76.7 Å². The molecular formula is C18H29Na. The van der Waals surface area contributed by atoms with Crippen LogP contribution in [0.2, 0.25) is 0 Å². The summed E-state index contributed by atoms with van der Waals surface area (Å²) < 4.78 is 0. The van der Waals surface area contributed by atoms with Crippen molar-refractivity contribution >= 4 is 0 Å². The predicted molar refractivity (Wildman–Crippen MR) is 80.8 cm³/mol. The molecule has 0 saturated heterocycles. The van der Waals surface area contributed by atoms with Gasteiger partial charge in [-0.2, -0.15) is 35.9 Å². The summed E-state index contributed by atoms with van der Waals surface area (Å²) in [5.41, 5.74) is 1.37. The van der Waals surface area contributed by atoms with Crippen LogP contribution < -0.4 is 29.6 Å². The molecule has 0 aliphatic rings. The Bertz CT molecular complexity index is 268. The first-order valence-electron chi connectivity index (χ1n) is 7.89. The summed E-state index contributed by atoms with van der Waals surface area (Å²) in [4.78, 5) is 0. The molecule has 0 aliphatic carbocycles. The summed E-state index contributed by atoms with van der Waals surface area (Å²) in [6.45, 7) is 2.28. The van der Waals surface area contributed by atoms with Gasteiger partial charge in [-0.25, -0.2) is 0 Å². The predicted octanol–water partition coefficient (Wildman–Crippen LogP) is 2.95. The molecule has 1 heteroatoms. The third-order valence-electron chi connectivity index (χ3n) is 3.57. The van der Waals surface area contributed by atoms with Gasteiger partial charge in [-0.1, -0.05) is 77.6 Å². The maximum Gasteiger partial charge on any atom is 1.00 e. The number of unbranched alkanes of at least 4 members (excludes halogenated alkanes) is 9. The monoisotopic (exact) mass is 268 g/mol. The molecule has 0 spiro atoms. The molecule has 0 aromatic heterocycles. The number of hydrogen-bond donors (Lipinski definition) is 0. The summed E-state index contributed by atoms with van der Waals surface area (Å²) in [5.74, 6) is 0. The van der Waals surface area contributed by atoms with E-state index in [0.717, 1.165) is 0 Å². The van der Waals surface area contributed by atoms with E-state index < -0.39 is 0 Å². The second-order valence-electron chi connectivity index (χ2n) is 5.32. The van der Waals surface area contributed by atoms with Crippen LogP contribution in [-0.2, 0) is 6.42 Å². The van der Waals surface area contributed by atoms with Gasteiger partial charge in [0.1, 0.15) is 0 Å². The minimum atomic E-state index is 0. The maximum atomic E-state index is 3.30. The summed E-state index contributed by atoms with van der Waals surface area (Å²) in [7, 11) is 0. The van der Waals surface area contributed by atoms with Gasteiger partial charge in [0, 0.05) is 0 Å². The van der Waals surface area contributed by atoms with Crippen molar-refractivity contribution in [2.75, 3.05) is 0 Å². The molecule has 0 amide bonds. The molecular weight excluding hydrogens is 239 g/mol. The van der Waals surface area contributed by atoms with Crippen LogP contribution in [0.4, 0.5) is 0 Å². The smallest absolute Gasteiger partial charge is 0.180 e. The van der Waals surface area contributed by atoms with E-state index >= 15 is 0 Å². The number of hydrogen-bond acceptors (Lipinski definition) is 0. The van der Waals surface area contributed by atoms with Crippen LogP contribution in [0, 0.1) is 6.07 Å². The fourth-order valence-electron chi connectivity index (χ4n) is 2.39. The van der Waals surface area contributed by atoms with E-state index in [2.05, 4.69) is 25.1 Å². The van der Waals surface area contributed by atoms with E-state index in [1.54, 1.807) is 0 Å². The Hall–Kier alpha value is 0.220. The van der Waals surface area contributed by atoms with Gasteiger partial charge >= 0.3 is 29.6 Å². The van der Waals surface area contributed by atoms with Gasteiger partial charge in [0.15, 0.2) is 0 Å². The average Bonchev–Trinajstić information content (AvgIpc) is 2.42. The molecule has 0 radical (unpaired) electrons. The molecule has 0 atom stereocenters. The maximum absolute atomic E-state index is 3.30. The zero-order valence-corrected chi connectivity index (χ0v) is 15.1. The second-order valence-corrected chi connectivity index (χ2v) is 5.32. The largest absolute Gasteiger partial charge is 1.00 e. The first kappa shape index (κ1) is 19.2. The molecule has 0 unspecified atom stereocenters. The van der Waals surface area contributed by atoms with Gasteiger partial charge < -0.3 is 0 Å². The van der Waals surface area contributed by atoms with Crippen LogP contribution in [0.5, 0.6) is 0 Å². The third kappa shape index (κ3) is 11.7. The Labute approximate surface area is 142 Å².